The number of hydrogen-bond donors (Lipinski definition) is 2. The van der Waals surface area contributed by atoms with Crippen LogP contribution in [0.2, 0.25) is 0 Å². The summed E-state index contributed by atoms with van der Waals surface area (Å²) in [5, 5.41) is 17.0. The maximum atomic E-state index is 14.2. The summed E-state index contributed by atoms with van der Waals surface area (Å²) < 4.78 is 45.6. The van der Waals surface area contributed by atoms with Gasteiger partial charge in [0.15, 0.2) is 5.82 Å². The van der Waals surface area contributed by atoms with E-state index in [1.165, 1.54) is 61.4 Å². The van der Waals surface area contributed by atoms with Crippen molar-refractivity contribution in [1.29, 1.82) is 0 Å². The first-order valence-corrected chi connectivity index (χ1v) is 24.3. The molecule has 0 radical (unpaired) electrons. The Balaban J connectivity index is 0.000000188. The Morgan fingerprint density at radius 3 is 1.49 bits per heavy atom. The van der Waals surface area contributed by atoms with Crippen molar-refractivity contribution >= 4 is 23.7 Å². The number of nitrogens with zero attached hydrogens (tertiary/aromatic N) is 4. The minimum absolute atomic E-state index is 0.0700. The molecule has 3 heterocycles. The Morgan fingerprint density at radius 2 is 1.04 bits per heavy atom. The number of amides is 3. The summed E-state index contributed by atoms with van der Waals surface area (Å²) in [4.78, 5) is 60.2. The van der Waals surface area contributed by atoms with E-state index in [1.54, 1.807) is 77.4 Å². The van der Waals surface area contributed by atoms with Crippen LogP contribution in [-0.4, -0.2) is 74.9 Å². The van der Waals surface area contributed by atoms with Crippen molar-refractivity contribution in [1.82, 2.24) is 25.3 Å². The van der Waals surface area contributed by atoms with Crippen molar-refractivity contribution in [3.8, 4) is 22.6 Å². The van der Waals surface area contributed by atoms with Crippen LogP contribution in [0.3, 0.4) is 0 Å². The monoisotopic (exact) mass is 973 g/mol. The van der Waals surface area contributed by atoms with Gasteiger partial charge in [0.25, 0.3) is 17.7 Å². The second-order valence-corrected chi connectivity index (χ2v) is 19.0. The van der Waals surface area contributed by atoms with E-state index in [2.05, 4.69) is 27.6 Å². The standard InChI is InChI=1S/C36H34F2N2O2.C22H20FN3O4/c37-31-16-12-27(13-17-31)26-8-10-29(11-9-26)34(41)40-22-20-36(21-23-40,30-14-18-32(38)19-15-30)35(42)39-33(24-25-6-7-25)28-4-2-1-3-5-28;1-14-24-19(30-25-14)15-2-4-16(5-3-15)20(27)26-12-10-22(11-13-26,21(28)29)17-6-8-18(23)9-7-17/h1-5,8-19,25,33H,6-7,20-24H2,(H,39,42);2-9H,10-13H2,1H3,(H,28,29). The number of carbonyl (C=O) groups is 4. The van der Waals surface area contributed by atoms with Gasteiger partial charge in [-0.2, -0.15) is 4.98 Å². The molecule has 6 aromatic carbocycles. The molecule has 2 aliphatic heterocycles. The number of aliphatic carboxylic acids is 1. The van der Waals surface area contributed by atoms with E-state index in [-0.39, 0.29) is 48.2 Å². The van der Waals surface area contributed by atoms with Gasteiger partial charge in [0.05, 0.1) is 16.9 Å². The molecule has 11 nitrogen and oxygen atoms in total. The van der Waals surface area contributed by atoms with Gasteiger partial charge in [0.2, 0.25) is 5.91 Å². The fraction of sp³-hybridized carbons (Fsp3) is 0.276. The first-order valence-electron chi connectivity index (χ1n) is 24.3. The lowest BCUT2D eigenvalue weighted by Crippen LogP contribution is -2.53. The highest BCUT2D eigenvalue weighted by atomic mass is 19.1. The van der Waals surface area contributed by atoms with E-state index in [4.69, 9.17) is 4.52 Å². The van der Waals surface area contributed by atoms with Crippen molar-refractivity contribution in [2.75, 3.05) is 26.2 Å². The van der Waals surface area contributed by atoms with Crippen LogP contribution in [0, 0.1) is 30.3 Å². The predicted octanol–water partition coefficient (Wildman–Crippen LogP) is 10.9. The van der Waals surface area contributed by atoms with E-state index in [0.717, 1.165) is 28.7 Å². The van der Waals surface area contributed by atoms with Gasteiger partial charge in [-0.1, -0.05) is 96.9 Å². The number of halogens is 3. The second kappa shape index (κ2) is 21.2. The SMILES string of the molecule is Cc1noc(-c2ccc(C(=O)N3CCC(C(=O)O)(c4ccc(F)cc4)CC3)cc2)n1.O=C(c1ccc(-c2ccc(F)cc2)cc1)N1CCC(C(=O)NC(CC2CC2)c2ccccc2)(c2ccc(F)cc2)CC1. The summed E-state index contributed by atoms with van der Waals surface area (Å²) in [7, 11) is 0. The van der Waals surface area contributed by atoms with Gasteiger partial charge in [-0.05, 0) is 146 Å². The zero-order valence-corrected chi connectivity index (χ0v) is 39.8. The molecule has 72 heavy (non-hydrogen) atoms. The number of nitrogens with one attached hydrogen (secondary N) is 1. The highest BCUT2D eigenvalue weighted by Crippen LogP contribution is 2.41. The molecule has 1 aliphatic carbocycles. The zero-order valence-electron chi connectivity index (χ0n) is 39.8. The van der Waals surface area contributed by atoms with Crippen molar-refractivity contribution < 1.29 is 42.0 Å². The first-order chi connectivity index (χ1) is 34.8. The van der Waals surface area contributed by atoms with Crippen LogP contribution in [0.5, 0.6) is 0 Å². The molecule has 2 N–H and O–H groups in total. The average Bonchev–Trinajstić information content (AvgIpc) is 4.14. The molecule has 1 saturated carbocycles. The van der Waals surface area contributed by atoms with Gasteiger partial charge in [-0.25, -0.2) is 13.2 Å². The molecule has 3 amide bonds. The molecule has 1 atom stereocenters. The third kappa shape index (κ3) is 10.9. The predicted molar refractivity (Wildman–Crippen MR) is 265 cm³/mol. The molecule has 2 saturated heterocycles. The number of carbonyl (C=O) groups excluding carboxylic acids is 3. The quantitative estimate of drug-likeness (QED) is 0.123. The lowest BCUT2D eigenvalue weighted by atomic mass is 9.71. The van der Waals surface area contributed by atoms with Crippen LogP contribution in [-0.2, 0) is 20.4 Å². The van der Waals surface area contributed by atoms with Crippen LogP contribution in [0.1, 0.15) is 94.2 Å². The number of hydrogen-bond acceptors (Lipinski definition) is 7. The number of benzene rings is 6. The number of likely N-dealkylation sites (tertiary alicyclic amines) is 2. The topological polar surface area (TPSA) is 146 Å². The van der Waals surface area contributed by atoms with Gasteiger partial charge in [-0.15, -0.1) is 0 Å². The van der Waals surface area contributed by atoms with E-state index < -0.39 is 22.6 Å². The number of carboxylic acid groups (broad SMARTS) is 1. The highest BCUT2D eigenvalue weighted by Gasteiger charge is 2.46. The van der Waals surface area contributed by atoms with E-state index in [0.29, 0.717) is 78.9 Å². The van der Waals surface area contributed by atoms with Crippen molar-refractivity contribution in [2.45, 2.75) is 68.7 Å². The summed E-state index contributed by atoms with van der Waals surface area (Å²) in [6.45, 7) is 3.13. The van der Waals surface area contributed by atoms with Gasteiger partial charge < -0.3 is 24.7 Å². The second-order valence-electron chi connectivity index (χ2n) is 19.0. The summed E-state index contributed by atoms with van der Waals surface area (Å²) in [6, 6.07) is 42.2. The third-order valence-corrected chi connectivity index (χ3v) is 14.4. The highest BCUT2D eigenvalue weighted by molar-refractivity contribution is 5.96. The van der Waals surface area contributed by atoms with Crippen LogP contribution in [0.25, 0.3) is 22.6 Å². The van der Waals surface area contributed by atoms with Crippen LogP contribution in [0.4, 0.5) is 13.2 Å². The number of carboxylic acids is 1. The van der Waals surface area contributed by atoms with Crippen LogP contribution >= 0.6 is 0 Å². The van der Waals surface area contributed by atoms with E-state index in [1.807, 2.05) is 30.3 Å². The molecule has 7 aromatic rings. The molecule has 0 spiro atoms. The summed E-state index contributed by atoms with van der Waals surface area (Å²) in [5.41, 5.74) is 3.98. The number of aromatic nitrogens is 2. The minimum Gasteiger partial charge on any atom is -0.481 e. The Bertz CT molecular complexity index is 3000. The smallest absolute Gasteiger partial charge is 0.314 e. The molecule has 3 aliphatic rings. The van der Waals surface area contributed by atoms with E-state index >= 15 is 0 Å². The molecule has 1 aromatic heterocycles. The van der Waals surface area contributed by atoms with Crippen molar-refractivity contribution in [2.24, 2.45) is 5.92 Å². The molecular weight excluding hydrogens is 920 g/mol. The Morgan fingerprint density at radius 1 is 0.611 bits per heavy atom. The Labute approximate surface area is 415 Å². The summed E-state index contributed by atoms with van der Waals surface area (Å²) >= 11 is 0. The first kappa shape index (κ1) is 49.1. The van der Waals surface area contributed by atoms with Gasteiger partial charge in [0.1, 0.15) is 17.5 Å². The lowest BCUT2D eigenvalue weighted by molar-refractivity contribution is -0.145. The van der Waals surface area contributed by atoms with Crippen molar-refractivity contribution in [3.05, 3.63) is 203 Å². The van der Waals surface area contributed by atoms with Gasteiger partial charge in [0, 0.05) is 42.9 Å². The Hall–Kier alpha value is -7.87. The van der Waals surface area contributed by atoms with Gasteiger partial charge in [-0.3, -0.25) is 19.2 Å². The van der Waals surface area contributed by atoms with E-state index in [9.17, 15) is 37.5 Å². The zero-order chi connectivity index (χ0) is 50.4. The maximum Gasteiger partial charge on any atom is 0.314 e. The molecule has 10 rings (SSSR count). The minimum atomic E-state index is -1.12. The molecule has 0 bridgehead atoms. The normalized spacial score (nSPS) is 16.4. The lowest BCUT2D eigenvalue weighted by Gasteiger charge is -2.42. The maximum absolute atomic E-state index is 14.2. The number of rotatable bonds is 12. The van der Waals surface area contributed by atoms with Crippen LogP contribution in [0.15, 0.2) is 156 Å². The van der Waals surface area contributed by atoms with Gasteiger partial charge >= 0.3 is 5.97 Å². The fourth-order valence-corrected chi connectivity index (χ4v) is 9.92. The molecule has 3 fully saturated rings. The summed E-state index contributed by atoms with van der Waals surface area (Å²) in [5.74, 6) is -0.805. The number of piperidine rings is 2. The Kier molecular flexibility index (Phi) is 14.5. The van der Waals surface area contributed by atoms with Crippen LogP contribution < -0.4 is 5.32 Å². The third-order valence-electron chi connectivity index (χ3n) is 14.4. The average molecular weight is 974 g/mol. The van der Waals surface area contributed by atoms with Crippen molar-refractivity contribution in [3.63, 3.8) is 0 Å². The molecule has 1 unspecified atom stereocenters. The number of aryl methyl sites for hydroxylation is 1. The largest absolute Gasteiger partial charge is 0.481 e. The summed E-state index contributed by atoms with van der Waals surface area (Å²) in [6.07, 6.45) is 4.67. The fourth-order valence-electron chi connectivity index (χ4n) is 9.92. The molecular formula is C58H54F3N5O6. The molecule has 368 valence electrons. The molecule has 14 heteroatoms.